The molecule has 0 aliphatic rings. The number of carboxylic acids is 1. The third-order valence-electron chi connectivity index (χ3n) is 1.89. The molecule has 2 rings (SSSR count). The molecule has 0 unspecified atom stereocenters. The van der Waals surface area contributed by atoms with Crippen LogP contribution in [-0.4, -0.2) is 21.0 Å². The third kappa shape index (κ3) is 1.75. The van der Waals surface area contributed by atoms with E-state index in [9.17, 15) is 9.59 Å². The molecule has 0 radical (unpaired) electrons. The molecule has 0 fully saturated rings. The summed E-state index contributed by atoms with van der Waals surface area (Å²) in [5, 5.41) is 9.27. The van der Waals surface area contributed by atoms with Crippen LogP contribution >= 0.6 is 15.9 Å². The van der Waals surface area contributed by atoms with E-state index in [1.165, 1.54) is 0 Å². The van der Waals surface area contributed by atoms with Crippen molar-refractivity contribution in [3.63, 3.8) is 0 Å². The molecule has 0 saturated carbocycles. The second-order valence-corrected chi connectivity index (χ2v) is 3.80. The van der Waals surface area contributed by atoms with Gasteiger partial charge >= 0.3 is 11.7 Å². The Balaban J connectivity index is 2.94. The summed E-state index contributed by atoms with van der Waals surface area (Å²) in [6.07, 6.45) is 0. The number of aromatic nitrogens is 2. The van der Waals surface area contributed by atoms with Crippen LogP contribution in [0.4, 0.5) is 0 Å². The van der Waals surface area contributed by atoms with Gasteiger partial charge in [-0.05, 0) is 18.2 Å². The summed E-state index contributed by atoms with van der Waals surface area (Å²) in [7, 11) is 0. The number of H-pyrrole nitrogens is 1. The maximum atomic E-state index is 11.1. The lowest BCUT2D eigenvalue weighted by Gasteiger charge is -2.01. The molecular formula is C9H5BrN2O3. The third-order valence-corrected chi connectivity index (χ3v) is 2.39. The minimum absolute atomic E-state index is 0.241. The van der Waals surface area contributed by atoms with E-state index in [0.717, 1.165) is 4.47 Å². The van der Waals surface area contributed by atoms with E-state index >= 15 is 0 Å². The fraction of sp³-hybridized carbons (Fsp3) is 0. The highest BCUT2D eigenvalue weighted by Gasteiger charge is 2.11. The smallest absolute Gasteiger partial charge is 0.355 e. The molecule has 0 aliphatic heterocycles. The van der Waals surface area contributed by atoms with Crippen LogP contribution in [0.2, 0.25) is 0 Å². The van der Waals surface area contributed by atoms with Gasteiger partial charge in [-0.3, -0.25) is 0 Å². The fourth-order valence-electron chi connectivity index (χ4n) is 1.29. The van der Waals surface area contributed by atoms with E-state index in [-0.39, 0.29) is 5.69 Å². The van der Waals surface area contributed by atoms with Crippen molar-refractivity contribution in [3.05, 3.63) is 38.9 Å². The number of hydrogen-bond donors (Lipinski definition) is 2. The Hall–Kier alpha value is -1.69. The molecule has 0 atom stereocenters. The summed E-state index contributed by atoms with van der Waals surface area (Å²) in [6.45, 7) is 0. The molecule has 15 heavy (non-hydrogen) atoms. The Morgan fingerprint density at radius 1 is 1.47 bits per heavy atom. The van der Waals surface area contributed by atoms with Crippen LogP contribution in [0.3, 0.4) is 0 Å². The van der Waals surface area contributed by atoms with Crippen LogP contribution in [-0.2, 0) is 0 Å². The highest BCUT2D eigenvalue weighted by molar-refractivity contribution is 9.10. The highest BCUT2D eigenvalue weighted by Crippen LogP contribution is 2.19. The minimum Gasteiger partial charge on any atom is -0.476 e. The van der Waals surface area contributed by atoms with E-state index in [1.54, 1.807) is 18.2 Å². The van der Waals surface area contributed by atoms with Crippen LogP contribution in [0.25, 0.3) is 10.9 Å². The average Bonchev–Trinajstić information content (AvgIpc) is 2.17. The first-order valence-electron chi connectivity index (χ1n) is 4.01. The normalized spacial score (nSPS) is 10.5. The SMILES string of the molecule is O=C(O)c1nc(=O)[nH]c2ccc(Br)cc12. The fourth-order valence-corrected chi connectivity index (χ4v) is 1.65. The van der Waals surface area contributed by atoms with Gasteiger partial charge in [-0.2, -0.15) is 4.98 Å². The summed E-state index contributed by atoms with van der Waals surface area (Å²) in [5.41, 5.74) is -0.451. The lowest BCUT2D eigenvalue weighted by Crippen LogP contribution is -2.16. The largest absolute Gasteiger partial charge is 0.476 e. The lowest BCUT2D eigenvalue weighted by atomic mass is 10.2. The van der Waals surface area contributed by atoms with Crippen molar-refractivity contribution in [2.45, 2.75) is 0 Å². The van der Waals surface area contributed by atoms with E-state index in [0.29, 0.717) is 10.9 Å². The van der Waals surface area contributed by atoms with Gasteiger partial charge in [0.2, 0.25) is 0 Å². The summed E-state index contributed by atoms with van der Waals surface area (Å²) in [6, 6.07) is 4.93. The van der Waals surface area contributed by atoms with Gasteiger partial charge in [0.15, 0.2) is 5.69 Å². The van der Waals surface area contributed by atoms with Gasteiger partial charge in [-0.15, -0.1) is 0 Å². The number of halogens is 1. The summed E-state index contributed by atoms with van der Waals surface area (Å²) >= 11 is 3.22. The van der Waals surface area contributed by atoms with E-state index in [2.05, 4.69) is 25.9 Å². The van der Waals surface area contributed by atoms with Crippen LogP contribution in [0.1, 0.15) is 10.5 Å². The first-order valence-corrected chi connectivity index (χ1v) is 4.80. The topological polar surface area (TPSA) is 83.0 Å². The first kappa shape index (κ1) is 9.85. The van der Waals surface area contributed by atoms with Crippen molar-refractivity contribution in [1.29, 1.82) is 0 Å². The molecule has 0 bridgehead atoms. The van der Waals surface area contributed by atoms with Crippen molar-refractivity contribution in [2.24, 2.45) is 0 Å². The Labute approximate surface area is 91.9 Å². The van der Waals surface area contributed by atoms with E-state index in [4.69, 9.17) is 5.11 Å². The Bertz CT molecular complexity index is 606. The molecule has 0 spiro atoms. The molecular weight excluding hydrogens is 264 g/mol. The van der Waals surface area contributed by atoms with Crippen LogP contribution < -0.4 is 5.69 Å². The number of nitrogens with zero attached hydrogens (tertiary/aromatic N) is 1. The van der Waals surface area contributed by atoms with Crippen molar-refractivity contribution >= 4 is 32.8 Å². The van der Waals surface area contributed by atoms with Crippen molar-refractivity contribution in [3.8, 4) is 0 Å². The quantitative estimate of drug-likeness (QED) is 0.819. The summed E-state index contributed by atoms with van der Waals surface area (Å²) in [5.74, 6) is -1.22. The second-order valence-electron chi connectivity index (χ2n) is 2.89. The zero-order valence-electron chi connectivity index (χ0n) is 7.32. The molecule has 0 saturated heterocycles. The van der Waals surface area contributed by atoms with Gasteiger partial charge in [-0.25, -0.2) is 9.59 Å². The molecule has 6 heteroatoms. The Kier molecular flexibility index (Phi) is 2.28. The van der Waals surface area contributed by atoms with Crippen LogP contribution in [0, 0.1) is 0 Å². The van der Waals surface area contributed by atoms with Gasteiger partial charge in [0.1, 0.15) is 0 Å². The van der Waals surface area contributed by atoms with Crippen molar-refractivity contribution in [1.82, 2.24) is 9.97 Å². The van der Waals surface area contributed by atoms with Gasteiger partial charge in [0.25, 0.3) is 0 Å². The zero-order chi connectivity index (χ0) is 11.0. The van der Waals surface area contributed by atoms with E-state index < -0.39 is 11.7 Å². The average molecular weight is 269 g/mol. The van der Waals surface area contributed by atoms with Crippen molar-refractivity contribution < 1.29 is 9.90 Å². The molecule has 0 aliphatic carbocycles. The molecule has 1 aromatic carbocycles. The number of nitrogens with one attached hydrogen (secondary N) is 1. The first-order chi connectivity index (χ1) is 7.08. The maximum Gasteiger partial charge on any atom is 0.355 e. The van der Waals surface area contributed by atoms with Gasteiger partial charge in [-0.1, -0.05) is 15.9 Å². The zero-order valence-corrected chi connectivity index (χ0v) is 8.91. The molecule has 76 valence electrons. The van der Waals surface area contributed by atoms with Gasteiger partial charge < -0.3 is 10.1 Å². The number of hydrogen-bond acceptors (Lipinski definition) is 3. The number of carbonyl (C=O) groups is 1. The monoisotopic (exact) mass is 268 g/mol. The predicted octanol–water partition coefficient (Wildman–Crippen LogP) is 1.38. The molecule has 5 nitrogen and oxygen atoms in total. The molecule has 2 aromatic rings. The second kappa shape index (κ2) is 3.47. The number of benzene rings is 1. The van der Waals surface area contributed by atoms with Gasteiger partial charge in [0.05, 0.1) is 5.52 Å². The molecule has 1 aromatic heterocycles. The number of aromatic carboxylic acids is 1. The van der Waals surface area contributed by atoms with Crippen LogP contribution in [0.15, 0.2) is 27.5 Å². The Morgan fingerprint density at radius 3 is 2.87 bits per heavy atom. The highest BCUT2D eigenvalue weighted by atomic mass is 79.9. The number of fused-ring (bicyclic) bond motifs is 1. The number of aromatic amines is 1. The van der Waals surface area contributed by atoms with Crippen molar-refractivity contribution in [2.75, 3.05) is 0 Å². The molecule has 0 amide bonds. The van der Waals surface area contributed by atoms with E-state index in [1.807, 2.05) is 0 Å². The Morgan fingerprint density at radius 2 is 2.20 bits per heavy atom. The molecule has 2 N–H and O–H groups in total. The molecule has 1 heterocycles. The standard InChI is InChI=1S/C9H5BrN2O3/c10-4-1-2-6-5(3-4)7(8(13)14)12-9(15)11-6/h1-3H,(H,13,14)(H,11,12,15). The predicted molar refractivity (Wildman–Crippen MR) is 57.0 cm³/mol. The maximum absolute atomic E-state index is 11.1. The lowest BCUT2D eigenvalue weighted by molar-refractivity contribution is 0.0692. The van der Waals surface area contributed by atoms with Gasteiger partial charge in [0, 0.05) is 9.86 Å². The number of carboxylic acid groups (broad SMARTS) is 1. The summed E-state index contributed by atoms with van der Waals surface area (Å²) in [4.78, 5) is 27.8. The number of rotatable bonds is 1. The van der Waals surface area contributed by atoms with Crippen LogP contribution in [0.5, 0.6) is 0 Å². The minimum atomic E-state index is -1.22. The summed E-state index contributed by atoms with van der Waals surface area (Å²) < 4.78 is 0.728.